The molecule has 0 aliphatic heterocycles. The van der Waals surface area contributed by atoms with Gasteiger partial charge in [-0.2, -0.15) is 0 Å². The molecule has 1 aromatic rings. The van der Waals surface area contributed by atoms with E-state index in [2.05, 4.69) is 0 Å². The van der Waals surface area contributed by atoms with Gasteiger partial charge >= 0.3 is 5.97 Å². The average Bonchev–Trinajstić information content (AvgIpc) is 2.03. The molecule has 0 unspecified atom stereocenters. The molecule has 0 spiro atoms. The molecular weight excluding hydrogens is 170 g/mol. The molecule has 0 aromatic heterocycles. The van der Waals surface area contributed by atoms with Crippen LogP contribution in [0.1, 0.15) is 26.3 Å². The molecule has 13 heavy (non-hydrogen) atoms. The number of carboxylic acid groups (broad SMARTS) is 1. The molecule has 4 heteroatoms. The lowest BCUT2D eigenvalue weighted by atomic mass is 10.0. The van der Waals surface area contributed by atoms with Crippen LogP contribution in [0.5, 0.6) is 0 Å². The fourth-order valence-corrected chi connectivity index (χ4v) is 1.06. The zero-order valence-corrected chi connectivity index (χ0v) is 7.07. The lowest BCUT2D eigenvalue weighted by Crippen LogP contribution is -2.04. The van der Waals surface area contributed by atoms with Crippen molar-refractivity contribution in [2.45, 2.75) is 6.92 Å². The molecule has 0 bridgehead atoms. The summed E-state index contributed by atoms with van der Waals surface area (Å²) < 4.78 is 0. The maximum absolute atomic E-state index is 10.6. The first kappa shape index (κ1) is 9.25. The second-order valence-electron chi connectivity index (χ2n) is 2.72. The topological polar surface area (TPSA) is 80.4 Å². The molecule has 0 saturated carbocycles. The van der Waals surface area contributed by atoms with E-state index in [1.54, 1.807) is 6.92 Å². The van der Waals surface area contributed by atoms with Crippen molar-refractivity contribution in [1.82, 2.24) is 0 Å². The van der Waals surface area contributed by atoms with Gasteiger partial charge in [-0.1, -0.05) is 0 Å². The largest absolute Gasteiger partial charge is 0.478 e. The Morgan fingerprint density at radius 3 is 2.62 bits per heavy atom. The third-order valence-electron chi connectivity index (χ3n) is 1.80. The number of hydrogen-bond donors (Lipinski definition) is 2. The number of aryl methyl sites for hydroxylation is 1. The summed E-state index contributed by atoms with van der Waals surface area (Å²) in [7, 11) is 0. The van der Waals surface area contributed by atoms with Gasteiger partial charge in [0.1, 0.15) is 6.29 Å². The van der Waals surface area contributed by atoms with E-state index in [1.165, 1.54) is 12.1 Å². The average molecular weight is 179 g/mol. The number of carboxylic acids is 1. The van der Waals surface area contributed by atoms with Crippen molar-refractivity contribution in [2.75, 3.05) is 5.73 Å². The Hall–Kier alpha value is -1.84. The summed E-state index contributed by atoms with van der Waals surface area (Å²) in [6.45, 7) is 1.70. The number of carbonyl (C=O) groups excluding carboxylic acids is 1. The van der Waals surface area contributed by atoms with E-state index >= 15 is 0 Å². The molecule has 0 saturated heterocycles. The lowest BCUT2D eigenvalue weighted by molar-refractivity contribution is 0.0698. The third kappa shape index (κ3) is 1.66. The van der Waals surface area contributed by atoms with Gasteiger partial charge in [0.15, 0.2) is 0 Å². The Morgan fingerprint density at radius 2 is 2.15 bits per heavy atom. The van der Waals surface area contributed by atoms with Crippen molar-refractivity contribution < 1.29 is 14.7 Å². The van der Waals surface area contributed by atoms with Crippen molar-refractivity contribution in [3.63, 3.8) is 0 Å². The molecule has 1 aromatic carbocycles. The van der Waals surface area contributed by atoms with Crippen molar-refractivity contribution in [2.24, 2.45) is 0 Å². The van der Waals surface area contributed by atoms with E-state index in [0.717, 1.165) is 0 Å². The van der Waals surface area contributed by atoms with Crippen LogP contribution < -0.4 is 5.73 Å². The van der Waals surface area contributed by atoms with Crippen LogP contribution in [0.3, 0.4) is 0 Å². The number of hydrogen-bond acceptors (Lipinski definition) is 3. The van der Waals surface area contributed by atoms with Crippen LogP contribution in [-0.2, 0) is 0 Å². The predicted octanol–water partition coefficient (Wildman–Crippen LogP) is 1.09. The molecule has 0 radical (unpaired) electrons. The van der Waals surface area contributed by atoms with Gasteiger partial charge in [-0.05, 0) is 24.6 Å². The van der Waals surface area contributed by atoms with Crippen LogP contribution in [0.25, 0.3) is 0 Å². The first-order valence-corrected chi connectivity index (χ1v) is 3.65. The van der Waals surface area contributed by atoms with Crippen molar-refractivity contribution in [3.8, 4) is 0 Å². The van der Waals surface area contributed by atoms with E-state index in [-0.39, 0.29) is 11.3 Å². The second-order valence-corrected chi connectivity index (χ2v) is 2.72. The molecule has 0 atom stereocenters. The number of nitrogens with two attached hydrogens (primary N) is 1. The minimum absolute atomic E-state index is 0.0345. The zero-order valence-electron chi connectivity index (χ0n) is 7.07. The molecule has 68 valence electrons. The maximum Gasteiger partial charge on any atom is 0.337 e. The summed E-state index contributed by atoms with van der Waals surface area (Å²) in [4.78, 5) is 21.1. The predicted molar refractivity (Wildman–Crippen MR) is 47.9 cm³/mol. The van der Waals surface area contributed by atoms with Crippen LogP contribution in [-0.4, -0.2) is 17.4 Å². The van der Waals surface area contributed by atoms with Crippen molar-refractivity contribution in [1.29, 1.82) is 0 Å². The van der Waals surface area contributed by atoms with Crippen LogP contribution in [0.4, 0.5) is 5.69 Å². The van der Waals surface area contributed by atoms with Crippen molar-refractivity contribution >= 4 is 17.9 Å². The summed E-state index contributed by atoms with van der Waals surface area (Å²) in [6, 6.07) is 2.76. The summed E-state index contributed by atoms with van der Waals surface area (Å²) in [5.74, 6) is -1.12. The van der Waals surface area contributed by atoms with Gasteiger partial charge in [-0.3, -0.25) is 4.79 Å². The van der Waals surface area contributed by atoms with E-state index in [4.69, 9.17) is 10.8 Å². The summed E-state index contributed by atoms with van der Waals surface area (Å²) >= 11 is 0. The first-order chi connectivity index (χ1) is 6.06. The Balaban J connectivity index is 3.38. The smallest absolute Gasteiger partial charge is 0.337 e. The Kier molecular flexibility index (Phi) is 2.32. The highest BCUT2D eigenvalue weighted by molar-refractivity contribution is 5.96. The normalized spacial score (nSPS) is 9.62. The van der Waals surface area contributed by atoms with Crippen LogP contribution >= 0.6 is 0 Å². The van der Waals surface area contributed by atoms with Gasteiger partial charge in [0, 0.05) is 11.3 Å². The van der Waals surface area contributed by atoms with Crippen molar-refractivity contribution in [3.05, 3.63) is 28.8 Å². The highest BCUT2D eigenvalue weighted by Gasteiger charge is 2.10. The van der Waals surface area contributed by atoms with Gasteiger partial charge < -0.3 is 10.8 Å². The molecule has 0 fully saturated rings. The van der Waals surface area contributed by atoms with Crippen LogP contribution in [0, 0.1) is 6.92 Å². The summed E-state index contributed by atoms with van der Waals surface area (Å²) in [6.07, 6.45) is 0.612. The van der Waals surface area contributed by atoms with E-state index < -0.39 is 5.97 Å². The standard InChI is InChI=1S/C9H9NO3/c1-5-2-8(10)7(9(12)13)3-6(5)4-11/h2-4H,10H2,1H3,(H,12,13). The van der Waals surface area contributed by atoms with E-state index in [1.807, 2.05) is 0 Å². The molecule has 1 rings (SSSR count). The Morgan fingerprint density at radius 1 is 1.54 bits per heavy atom. The van der Waals surface area contributed by atoms with Gasteiger partial charge in [0.05, 0.1) is 5.56 Å². The fraction of sp³-hybridized carbons (Fsp3) is 0.111. The number of benzene rings is 1. The first-order valence-electron chi connectivity index (χ1n) is 3.65. The minimum Gasteiger partial charge on any atom is -0.478 e. The molecule has 0 amide bonds. The highest BCUT2D eigenvalue weighted by Crippen LogP contribution is 2.17. The number of aldehydes is 1. The highest BCUT2D eigenvalue weighted by atomic mass is 16.4. The minimum atomic E-state index is -1.12. The summed E-state index contributed by atoms with van der Waals surface area (Å²) in [5.41, 5.74) is 6.62. The third-order valence-corrected chi connectivity index (χ3v) is 1.80. The van der Waals surface area contributed by atoms with E-state index in [9.17, 15) is 9.59 Å². The summed E-state index contributed by atoms with van der Waals surface area (Å²) in [5, 5.41) is 8.68. The molecule has 3 N–H and O–H groups in total. The van der Waals surface area contributed by atoms with Gasteiger partial charge in [-0.25, -0.2) is 4.79 Å². The lowest BCUT2D eigenvalue weighted by Gasteiger charge is -2.04. The number of nitrogen functional groups attached to an aromatic ring is 1. The number of rotatable bonds is 2. The second kappa shape index (κ2) is 3.26. The van der Waals surface area contributed by atoms with Gasteiger partial charge in [0.25, 0.3) is 0 Å². The Bertz CT molecular complexity index is 371. The SMILES string of the molecule is Cc1cc(N)c(C(=O)O)cc1C=O. The molecule has 4 nitrogen and oxygen atoms in total. The monoisotopic (exact) mass is 179 g/mol. The quantitative estimate of drug-likeness (QED) is 0.526. The number of aromatic carboxylic acids is 1. The van der Waals surface area contributed by atoms with Gasteiger partial charge in [0.2, 0.25) is 0 Å². The molecule has 0 aliphatic carbocycles. The van der Waals surface area contributed by atoms with Gasteiger partial charge in [-0.15, -0.1) is 0 Å². The van der Waals surface area contributed by atoms with Crippen LogP contribution in [0.15, 0.2) is 12.1 Å². The van der Waals surface area contributed by atoms with E-state index in [0.29, 0.717) is 17.4 Å². The maximum atomic E-state index is 10.6. The molecular formula is C9H9NO3. The van der Waals surface area contributed by atoms with Crippen LogP contribution in [0.2, 0.25) is 0 Å². The molecule has 0 aliphatic rings. The Labute approximate surface area is 75.0 Å². The number of carbonyl (C=O) groups is 2. The zero-order chi connectivity index (χ0) is 10.0. The number of anilines is 1. The molecule has 0 heterocycles. The fourth-order valence-electron chi connectivity index (χ4n) is 1.06.